The van der Waals surface area contributed by atoms with Gasteiger partial charge in [0.2, 0.25) is 17.7 Å². The quantitative estimate of drug-likeness (QED) is 0.484. The predicted molar refractivity (Wildman–Crippen MR) is 126 cm³/mol. The zero-order valence-corrected chi connectivity index (χ0v) is 19.6. The summed E-state index contributed by atoms with van der Waals surface area (Å²) in [5, 5.41) is 5.42. The van der Waals surface area contributed by atoms with E-state index in [0.29, 0.717) is 44.6 Å². The summed E-state index contributed by atoms with van der Waals surface area (Å²) < 4.78 is 14.8. The zero-order chi connectivity index (χ0) is 24.1. The van der Waals surface area contributed by atoms with Crippen molar-refractivity contribution in [2.24, 2.45) is 5.73 Å². The highest BCUT2D eigenvalue weighted by atomic mass is 19.1. The molecule has 1 aromatic rings. The molecule has 0 radical (unpaired) electrons. The number of benzene rings is 1. The Bertz CT molecular complexity index is 897. The minimum Gasteiger partial charge on any atom is -0.367 e. The van der Waals surface area contributed by atoms with E-state index >= 15 is 0 Å². The second-order valence-electron chi connectivity index (χ2n) is 9.47. The van der Waals surface area contributed by atoms with Crippen LogP contribution in [-0.4, -0.2) is 85.4 Å². The monoisotopic (exact) mass is 474 g/mol. The highest BCUT2D eigenvalue weighted by Crippen LogP contribution is 2.22. The molecule has 3 aliphatic rings. The number of amides is 3. The van der Waals surface area contributed by atoms with Gasteiger partial charge in [-0.15, -0.1) is 0 Å². The number of carbonyl (C=O) groups is 3. The molecule has 3 amide bonds. The molecular weight excluding hydrogens is 439 g/mol. The van der Waals surface area contributed by atoms with Crippen molar-refractivity contribution in [3.63, 3.8) is 0 Å². The smallest absolute Gasteiger partial charge is 0.243 e. The van der Waals surface area contributed by atoms with Crippen molar-refractivity contribution in [1.29, 1.82) is 0 Å². The van der Waals surface area contributed by atoms with Gasteiger partial charge < -0.3 is 20.9 Å². The van der Waals surface area contributed by atoms with Gasteiger partial charge in [-0.1, -0.05) is 6.07 Å². The molecule has 0 bridgehead atoms. The molecule has 3 heterocycles. The van der Waals surface area contributed by atoms with E-state index in [2.05, 4.69) is 15.5 Å². The zero-order valence-electron chi connectivity index (χ0n) is 19.6. The predicted octanol–water partition coefficient (Wildman–Crippen LogP) is 0.182. The molecule has 34 heavy (non-hydrogen) atoms. The van der Waals surface area contributed by atoms with Gasteiger partial charge in [0.05, 0.1) is 11.7 Å². The van der Waals surface area contributed by atoms with E-state index in [-0.39, 0.29) is 29.6 Å². The van der Waals surface area contributed by atoms with Crippen LogP contribution in [0.2, 0.25) is 0 Å². The Morgan fingerprint density at radius 2 is 1.82 bits per heavy atom. The third kappa shape index (κ3) is 6.31. The number of anilines is 1. The summed E-state index contributed by atoms with van der Waals surface area (Å²) in [5.41, 5.74) is 7.24. The minimum absolute atomic E-state index is 0.196. The molecule has 1 aromatic carbocycles. The maximum Gasteiger partial charge on any atom is 0.243 e. The number of piperazine rings is 1. The van der Waals surface area contributed by atoms with Crippen LogP contribution in [0.4, 0.5) is 10.1 Å². The molecule has 0 saturated carbocycles. The lowest BCUT2D eigenvalue weighted by Crippen LogP contribution is -2.50. The van der Waals surface area contributed by atoms with Crippen LogP contribution in [0.3, 0.4) is 0 Å². The average Bonchev–Trinajstić information content (AvgIpc) is 2.83. The van der Waals surface area contributed by atoms with Crippen LogP contribution in [0, 0.1) is 5.82 Å². The number of hydrogen-bond acceptors (Lipinski definition) is 7. The first-order valence-electron chi connectivity index (χ1n) is 12.2. The lowest BCUT2D eigenvalue weighted by molar-refractivity contribution is -0.135. The Morgan fingerprint density at radius 1 is 1.09 bits per heavy atom. The number of halogens is 1. The summed E-state index contributed by atoms with van der Waals surface area (Å²) in [7, 11) is 0. The van der Waals surface area contributed by atoms with Crippen molar-refractivity contribution in [2.45, 2.75) is 50.7 Å². The van der Waals surface area contributed by atoms with Gasteiger partial charge in [0.15, 0.2) is 0 Å². The highest BCUT2D eigenvalue weighted by Gasteiger charge is 2.26. The van der Waals surface area contributed by atoms with Crippen molar-refractivity contribution in [1.82, 2.24) is 20.4 Å². The van der Waals surface area contributed by atoms with Gasteiger partial charge in [-0.25, -0.2) is 4.39 Å². The highest BCUT2D eigenvalue weighted by molar-refractivity contribution is 6.00. The fraction of sp³-hybridized carbons (Fsp3) is 0.625. The number of nitrogens with one attached hydrogen (secondary N) is 2. The molecule has 10 heteroatoms. The molecule has 4 rings (SSSR count). The van der Waals surface area contributed by atoms with Gasteiger partial charge in [-0.05, 0) is 37.0 Å². The number of piperidine rings is 2. The van der Waals surface area contributed by atoms with E-state index in [1.165, 1.54) is 6.07 Å². The SMILES string of the molecule is NC1CCN(C(=O)CCN2CCN(c3ccc(CNC4CCC(=O)NC4=O)cc3F)CC2)CC1. The minimum atomic E-state index is -0.437. The standard InChI is InChI=1S/C24H35FN6O3/c25-19-15-17(16-27-20-2-4-22(32)28-24(20)34)1-3-21(19)30-13-11-29(12-14-30)8-7-23(33)31-9-5-18(26)6-10-31/h1,3,15,18,20,27H,2,4-14,16,26H2,(H,28,32,34). The van der Waals surface area contributed by atoms with Crippen LogP contribution in [0.15, 0.2) is 18.2 Å². The summed E-state index contributed by atoms with van der Waals surface area (Å²) in [6.45, 7) is 5.58. The fourth-order valence-electron chi connectivity index (χ4n) is 4.82. The van der Waals surface area contributed by atoms with E-state index < -0.39 is 6.04 Å². The maximum absolute atomic E-state index is 14.8. The third-order valence-electron chi connectivity index (χ3n) is 7.05. The molecule has 0 aromatic heterocycles. The van der Waals surface area contributed by atoms with Crippen molar-refractivity contribution < 1.29 is 18.8 Å². The van der Waals surface area contributed by atoms with E-state index in [9.17, 15) is 18.8 Å². The number of nitrogens with zero attached hydrogens (tertiary/aromatic N) is 3. The second-order valence-corrected chi connectivity index (χ2v) is 9.47. The van der Waals surface area contributed by atoms with Crippen LogP contribution >= 0.6 is 0 Å². The topological polar surface area (TPSA) is 111 Å². The van der Waals surface area contributed by atoms with Crippen molar-refractivity contribution >= 4 is 23.4 Å². The second kappa shape index (κ2) is 11.2. The number of nitrogens with two attached hydrogens (primary N) is 1. The van der Waals surface area contributed by atoms with Crippen molar-refractivity contribution in [2.75, 3.05) is 50.7 Å². The van der Waals surface area contributed by atoms with Gasteiger partial charge in [0, 0.05) is 71.2 Å². The van der Waals surface area contributed by atoms with Gasteiger partial charge in [0.1, 0.15) is 5.82 Å². The van der Waals surface area contributed by atoms with Gasteiger partial charge >= 0.3 is 0 Å². The molecule has 0 aliphatic carbocycles. The molecule has 4 N–H and O–H groups in total. The summed E-state index contributed by atoms with van der Waals surface area (Å²) in [6.07, 6.45) is 3.03. The summed E-state index contributed by atoms with van der Waals surface area (Å²) >= 11 is 0. The summed E-state index contributed by atoms with van der Waals surface area (Å²) in [6, 6.07) is 4.94. The Morgan fingerprint density at radius 3 is 2.50 bits per heavy atom. The molecule has 3 saturated heterocycles. The van der Waals surface area contributed by atoms with Crippen LogP contribution in [0.1, 0.15) is 37.7 Å². The average molecular weight is 475 g/mol. The third-order valence-corrected chi connectivity index (χ3v) is 7.05. The number of rotatable bonds is 7. The molecule has 9 nitrogen and oxygen atoms in total. The first kappa shape index (κ1) is 24.6. The van der Waals surface area contributed by atoms with Gasteiger partial charge in [-0.2, -0.15) is 0 Å². The summed E-state index contributed by atoms with van der Waals surface area (Å²) in [5.74, 6) is -0.665. The van der Waals surface area contributed by atoms with Crippen LogP contribution in [0.5, 0.6) is 0 Å². The van der Waals surface area contributed by atoms with E-state index in [4.69, 9.17) is 5.73 Å². The van der Waals surface area contributed by atoms with Crippen LogP contribution in [-0.2, 0) is 20.9 Å². The largest absolute Gasteiger partial charge is 0.367 e. The Balaban J connectivity index is 1.20. The van der Waals surface area contributed by atoms with E-state index in [1.54, 1.807) is 6.07 Å². The molecule has 1 atom stereocenters. The molecule has 3 fully saturated rings. The van der Waals surface area contributed by atoms with Crippen LogP contribution < -0.4 is 21.3 Å². The molecule has 3 aliphatic heterocycles. The first-order valence-corrected chi connectivity index (χ1v) is 12.2. The van der Waals surface area contributed by atoms with Crippen LogP contribution in [0.25, 0.3) is 0 Å². The molecule has 1 unspecified atom stereocenters. The summed E-state index contributed by atoms with van der Waals surface area (Å²) in [4.78, 5) is 41.8. The lowest BCUT2D eigenvalue weighted by Gasteiger charge is -2.37. The molecule has 0 spiro atoms. The molecule has 186 valence electrons. The van der Waals surface area contributed by atoms with Crippen molar-refractivity contribution in [3.8, 4) is 0 Å². The number of likely N-dealkylation sites (tertiary alicyclic amines) is 1. The van der Waals surface area contributed by atoms with E-state index in [0.717, 1.165) is 51.1 Å². The number of carbonyl (C=O) groups excluding carboxylic acids is 3. The lowest BCUT2D eigenvalue weighted by atomic mass is 10.1. The molecular formula is C24H35FN6O3. The Kier molecular flexibility index (Phi) is 8.12. The fourth-order valence-corrected chi connectivity index (χ4v) is 4.82. The van der Waals surface area contributed by atoms with Crippen molar-refractivity contribution in [3.05, 3.63) is 29.6 Å². The van der Waals surface area contributed by atoms with Gasteiger partial charge in [-0.3, -0.25) is 24.6 Å². The normalized spacial score (nSPS) is 22.7. The van der Waals surface area contributed by atoms with Gasteiger partial charge in [0.25, 0.3) is 0 Å². The number of hydrogen-bond donors (Lipinski definition) is 3. The van der Waals surface area contributed by atoms with E-state index in [1.807, 2.05) is 15.9 Å². The Labute approximate surface area is 199 Å². The first-order chi connectivity index (χ1) is 16.4. The number of imide groups is 1. The Hall–Kier alpha value is -2.56. The maximum atomic E-state index is 14.8.